The average molecular weight is 454 g/mol. The molecule has 4 N–H and O–H groups in total. The predicted octanol–water partition coefficient (Wildman–Crippen LogP) is 3.15. The van der Waals surface area contributed by atoms with Crippen LogP contribution in [-0.2, 0) is 10.0 Å². The molecule has 32 heavy (non-hydrogen) atoms. The van der Waals surface area contributed by atoms with Crippen molar-refractivity contribution in [2.45, 2.75) is 6.04 Å². The minimum Gasteiger partial charge on any atom is -0.496 e. The maximum absolute atomic E-state index is 11.5. The molecule has 2 aromatic heterocycles. The molecule has 0 unspecified atom stereocenters. The second-order valence-electron chi connectivity index (χ2n) is 7.25. The number of sulfonamides is 1. The average Bonchev–Trinajstić information content (AvgIpc) is 3.21. The van der Waals surface area contributed by atoms with Crippen molar-refractivity contribution in [1.82, 2.24) is 15.0 Å². The molecule has 2 heterocycles. The normalized spacial score (nSPS) is 12.5. The number of nitrogens with one attached hydrogen (secondary N) is 3. The molecule has 0 spiro atoms. The Kier molecular flexibility index (Phi) is 5.97. The van der Waals surface area contributed by atoms with Crippen molar-refractivity contribution in [2.75, 3.05) is 30.0 Å². The number of ether oxygens (including phenoxy) is 1. The van der Waals surface area contributed by atoms with Crippen LogP contribution in [0.2, 0.25) is 0 Å². The quantitative estimate of drug-likeness (QED) is 0.322. The van der Waals surface area contributed by atoms with Crippen molar-refractivity contribution in [3.05, 3.63) is 66.5 Å². The first-order valence-electron chi connectivity index (χ1n) is 9.80. The van der Waals surface area contributed by atoms with E-state index < -0.39 is 10.0 Å². The summed E-state index contributed by atoms with van der Waals surface area (Å²) in [5.74, 6) is 1.07. The second kappa shape index (κ2) is 8.85. The molecule has 0 bridgehead atoms. The van der Waals surface area contributed by atoms with Crippen molar-refractivity contribution in [3.8, 4) is 17.0 Å². The van der Waals surface area contributed by atoms with E-state index in [9.17, 15) is 13.5 Å². The summed E-state index contributed by atoms with van der Waals surface area (Å²) in [6.07, 6.45) is 2.54. The fraction of sp³-hybridized carbons (Fsp3) is 0.182. The molecule has 0 radical (unpaired) electrons. The Hall–Kier alpha value is -3.63. The number of anilines is 2. The van der Waals surface area contributed by atoms with Crippen molar-refractivity contribution >= 4 is 32.6 Å². The number of fused-ring (bicyclic) bond motifs is 1. The van der Waals surface area contributed by atoms with Gasteiger partial charge in [0.25, 0.3) is 0 Å². The second-order valence-corrected chi connectivity index (χ2v) is 9.00. The first-order valence-corrected chi connectivity index (χ1v) is 11.7. The van der Waals surface area contributed by atoms with Gasteiger partial charge in [-0.05, 0) is 23.8 Å². The van der Waals surface area contributed by atoms with Crippen LogP contribution in [0.5, 0.6) is 5.75 Å². The number of aliphatic hydroxyl groups is 1. The number of methoxy groups -OCH3 is 1. The largest absolute Gasteiger partial charge is 0.496 e. The molecule has 0 amide bonds. The highest BCUT2D eigenvalue weighted by Crippen LogP contribution is 2.35. The highest BCUT2D eigenvalue weighted by Gasteiger charge is 2.17. The number of rotatable bonds is 8. The van der Waals surface area contributed by atoms with Crippen LogP contribution in [0.3, 0.4) is 0 Å². The van der Waals surface area contributed by atoms with E-state index in [1.165, 1.54) is 13.4 Å². The van der Waals surface area contributed by atoms with Crippen LogP contribution in [-0.4, -0.2) is 48.4 Å². The van der Waals surface area contributed by atoms with E-state index in [0.717, 1.165) is 28.5 Å². The Morgan fingerprint density at radius 2 is 1.91 bits per heavy atom. The van der Waals surface area contributed by atoms with Crippen LogP contribution in [0.1, 0.15) is 11.6 Å². The van der Waals surface area contributed by atoms with Gasteiger partial charge >= 0.3 is 0 Å². The van der Waals surface area contributed by atoms with Crippen molar-refractivity contribution in [3.63, 3.8) is 0 Å². The maximum Gasteiger partial charge on any atom is 0.229 e. The van der Waals surface area contributed by atoms with E-state index in [0.29, 0.717) is 22.9 Å². The lowest BCUT2D eigenvalue weighted by Gasteiger charge is -2.17. The lowest BCUT2D eigenvalue weighted by atomic mass is 10.1. The Morgan fingerprint density at radius 3 is 2.59 bits per heavy atom. The van der Waals surface area contributed by atoms with Gasteiger partial charge in [0.1, 0.15) is 23.5 Å². The lowest BCUT2D eigenvalue weighted by molar-refractivity contribution is 0.276. The molecule has 1 atom stereocenters. The third-order valence-electron chi connectivity index (χ3n) is 4.92. The molecule has 4 rings (SSSR count). The Bertz CT molecular complexity index is 1340. The Labute approximate surface area is 185 Å². The number of aromatic nitrogens is 3. The van der Waals surface area contributed by atoms with E-state index in [4.69, 9.17) is 4.74 Å². The summed E-state index contributed by atoms with van der Waals surface area (Å²) in [5, 5.41) is 13.9. The zero-order chi connectivity index (χ0) is 22.7. The smallest absolute Gasteiger partial charge is 0.229 e. The minimum absolute atomic E-state index is 0.102. The maximum atomic E-state index is 11.5. The summed E-state index contributed by atoms with van der Waals surface area (Å²) in [4.78, 5) is 11.9. The van der Waals surface area contributed by atoms with Gasteiger partial charge in [0, 0.05) is 11.6 Å². The number of hydrogen-bond donors (Lipinski definition) is 4. The summed E-state index contributed by atoms with van der Waals surface area (Å²) in [5.41, 5.74) is 3.42. The van der Waals surface area contributed by atoms with Crippen LogP contribution in [0, 0.1) is 0 Å². The Balaban J connectivity index is 1.70. The number of aromatic amines is 1. The fourth-order valence-electron chi connectivity index (χ4n) is 3.48. The third kappa shape index (κ3) is 4.66. The highest BCUT2D eigenvalue weighted by molar-refractivity contribution is 7.92. The predicted molar refractivity (Wildman–Crippen MR) is 124 cm³/mol. The van der Waals surface area contributed by atoms with Crippen LogP contribution in [0.15, 0.2) is 60.9 Å². The van der Waals surface area contributed by atoms with Crippen LogP contribution >= 0.6 is 0 Å². The molecular formula is C22H23N5O4S. The zero-order valence-corrected chi connectivity index (χ0v) is 18.3. The summed E-state index contributed by atoms with van der Waals surface area (Å²) < 4.78 is 31.0. The van der Waals surface area contributed by atoms with E-state index in [-0.39, 0.29) is 12.6 Å². The number of aliphatic hydroxyl groups excluding tert-OH is 1. The lowest BCUT2D eigenvalue weighted by Crippen LogP contribution is -2.15. The molecular weight excluding hydrogens is 430 g/mol. The molecule has 9 nitrogen and oxygen atoms in total. The van der Waals surface area contributed by atoms with Gasteiger partial charge < -0.3 is 20.1 Å². The summed E-state index contributed by atoms with van der Waals surface area (Å²) >= 11 is 0. The topological polar surface area (TPSA) is 129 Å². The molecule has 0 fully saturated rings. The third-order valence-corrected chi connectivity index (χ3v) is 5.52. The van der Waals surface area contributed by atoms with Crippen molar-refractivity contribution in [2.24, 2.45) is 0 Å². The highest BCUT2D eigenvalue weighted by atomic mass is 32.2. The summed E-state index contributed by atoms with van der Waals surface area (Å²) in [6.45, 7) is -0.102. The van der Waals surface area contributed by atoms with Crippen LogP contribution < -0.4 is 14.8 Å². The number of hydrogen-bond acceptors (Lipinski definition) is 7. The first-order chi connectivity index (χ1) is 15.4. The fourth-order valence-corrected chi connectivity index (χ4v) is 4.03. The van der Waals surface area contributed by atoms with Gasteiger partial charge in [0.05, 0.1) is 42.8 Å². The van der Waals surface area contributed by atoms with E-state index in [1.54, 1.807) is 18.2 Å². The molecule has 2 aromatic carbocycles. The van der Waals surface area contributed by atoms with Gasteiger partial charge in [0.15, 0.2) is 0 Å². The van der Waals surface area contributed by atoms with Crippen LogP contribution in [0.25, 0.3) is 22.3 Å². The van der Waals surface area contributed by atoms with E-state index in [2.05, 4.69) is 25.0 Å². The number of nitrogens with zero attached hydrogens (tertiary/aromatic N) is 2. The zero-order valence-electron chi connectivity index (χ0n) is 17.5. The van der Waals surface area contributed by atoms with Gasteiger partial charge in [0.2, 0.25) is 10.0 Å². The molecule has 0 aliphatic carbocycles. The van der Waals surface area contributed by atoms with Gasteiger partial charge in [-0.2, -0.15) is 0 Å². The minimum atomic E-state index is -3.40. The summed E-state index contributed by atoms with van der Waals surface area (Å²) in [7, 11) is -1.89. The van der Waals surface area contributed by atoms with Crippen molar-refractivity contribution < 1.29 is 18.3 Å². The van der Waals surface area contributed by atoms with E-state index >= 15 is 0 Å². The van der Waals surface area contributed by atoms with Gasteiger partial charge in [-0.15, -0.1) is 0 Å². The van der Waals surface area contributed by atoms with Gasteiger partial charge in [-0.3, -0.25) is 4.72 Å². The van der Waals surface area contributed by atoms with Gasteiger partial charge in [-0.25, -0.2) is 18.4 Å². The molecule has 0 saturated carbocycles. The van der Waals surface area contributed by atoms with E-state index in [1.807, 2.05) is 36.4 Å². The van der Waals surface area contributed by atoms with Crippen molar-refractivity contribution in [1.29, 1.82) is 0 Å². The van der Waals surface area contributed by atoms with Gasteiger partial charge in [-0.1, -0.05) is 30.3 Å². The molecule has 4 aromatic rings. The molecule has 10 heteroatoms. The van der Waals surface area contributed by atoms with Crippen LogP contribution in [0.4, 0.5) is 11.5 Å². The SMILES string of the molecule is COc1cc(NS(C)(=O)=O)ccc1-c1cc2c(N[C@H](CO)c3ccccc3)ncnc2[nH]1. The standard InChI is InChI=1S/C22H23N5O4S/c1-31-20-10-15(27-32(2,29)30)8-9-16(20)18-11-17-21(25-18)23-13-24-22(17)26-19(12-28)14-6-4-3-5-7-14/h3-11,13,19,27-28H,12H2,1-2H3,(H2,23,24,25,26)/t19-/m1/s1. The summed E-state index contributed by atoms with van der Waals surface area (Å²) in [6, 6.07) is 16.2. The first kappa shape index (κ1) is 21.6. The number of H-pyrrole nitrogens is 1. The molecule has 0 saturated heterocycles. The molecule has 0 aliphatic rings. The molecule has 166 valence electrons. The monoisotopic (exact) mass is 453 g/mol. The molecule has 0 aliphatic heterocycles. The Morgan fingerprint density at radius 1 is 1.12 bits per heavy atom. The number of benzene rings is 2.